The SMILES string of the molecule is Cc1cnc2c(S(=O)(=O)N[C@H](C)CN)cccc2c1. The van der Waals surface area contributed by atoms with E-state index < -0.39 is 10.0 Å². The highest BCUT2D eigenvalue weighted by Gasteiger charge is 2.19. The number of hydrogen-bond donors (Lipinski definition) is 2. The summed E-state index contributed by atoms with van der Waals surface area (Å²) in [5.74, 6) is 0. The van der Waals surface area contributed by atoms with Crippen molar-refractivity contribution in [2.45, 2.75) is 24.8 Å². The van der Waals surface area contributed by atoms with Gasteiger partial charge in [0.2, 0.25) is 10.0 Å². The van der Waals surface area contributed by atoms with Gasteiger partial charge in [0.1, 0.15) is 4.90 Å². The van der Waals surface area contributed by atoms with Gasteiger partial charge in [0.25, 0.3) is 0 Å². The number of rotatable bonds is 4. The van der Waals surface area contributed by atoms with E-state index >= 15 is 0 Å². The highest BCUT2D eigenvalue weighted by atomic mass is 32.2. The molecule has 0 spiro atoms. The monoisotopic (exact) mass is 279 g/mol. The van der Waals surface area contributed by atoms with E-state index in [9.17, 15) is 8.42 Å². The van der Waals surface area contributed by atoms with Gasteiger partial charge in [-0.3, -0.25) is 4.98 Å². The number of nitrogens with two attached hydrogens (primary N) is 1. The zero-order valence-corrected chi connectivity index (χ0v) is 11.7. The van der Waals surface area contributed by atoms with E-state index in [0.29, 0.717) is 5.52 Å². The largest absolute Gasteiger partial charge is 0.329 e. The molecule has 0 bridgehead atoms. The van der Waals surface area contributed by atoms with Crippen LogP contribution in [-0.4, -0.2) is 26.0 Å². The second kappa shape index (κ2) is 5.24. The zero-order valence-electron chi connectivity index (χ0n) is 10.9. The van der Waals surface area contributed by atoms with Crippen LogP contribution in [0.4, 0.5) is 0 Å². The summed E-state index contributed by atoms with van der Waals surface area (Å²) in [6, 6.07) is 6.71. The summed E-state index contributed by atoms with van der Waals surface area (Å²) in [5, 5.41) is 0.809. The Morgan fingerprint density at radius 1 is 1.42 bits per heavy atom. The summed E-state index contributed by atoms with van der Waals surface area (Å²) < 4.78 is 27.1. The van der Waals surface area contributed by atoms with E-state index in [0.717, 1.165) is 10.9 Å². The van der Waals surface area contributed by atoms with Gasteiger partial charge in [-0.1, -0.05) is 12.1 Å². The quantitative estimate of drug-likeness (QED) is 0.879. The summed E-state index contributed by atoms with van der Waals surface area (Å²) in [5.41, 5.74) is 6.91. The standard InChI is InChI=1S/C13H17N3O2S/c1-9-6-11-4-3-5-12(13(11)15-8-9)19(17,18)16-10(2)7-14/h3-6,8,10,16H,7,14H2,1-2H3/t10-/m1/s1. The molecule has 19 heavy (non-hydrogen) atoms. The lowest BCUT2D eigenvalue weighted by Crippen LogP contribution is -2.37. The van der Waals surface area contributed by atoms with Gasteiger partial charge in [0.05, 0.1) is 5.52 Å². The van der Waals surface area contributed by atoms with Crippen molar-refractivity contribution in [2.24, 2.45) is 5.73 Å². The molecule has 2 aromatic rings. The fourth-order valence-corrected chi connectivity index (χ4v) is 3.27. The van der Waals surface area contributed by atoms with E-state index in [4.69, 9.17) is 5.73 Å². The number of aryl methyl sites for hydroxylation is 1. The fourth-order valence-electron chi connectivity index (χ4n) is 1.84. The molecule has 3 N–H and O–H groups in total. The third-order valence-corrected chi connectivity index (χ3v) is 4.43. The van der Waals surface area contributed by atoms with Gasteiger partial charge in [-0.25, -0.2) is 13.1 Å². The topological polar surface area (TPSA) is 85.1 Å². The minimum absolute atomic E-state index is 0.185. The molecule has 1 aromatic carbocycles. The molecule has 6 heteroatoms. The van der Waals surface area contributed by atoms with E-state index in [2.05, 4.69) is 9.71 Å². The number of benzene rings is 1. The van der Waals surface area contributed by atoms with Crippen LogP contribution in [0.25, 0.3) is 10.9 Å². The van der Waals surface area contributed by atoms with Crippen LogP contribution in [0.15, 0.2) is 35.4 Å². The van der Waals surface area contributed by atoms with Crippen molar-refractivity contribution in [3.8, 4) is 0 Å². The number of fused-ring (bicyclic) bond motifs is 1. The van der Waals surface area contributed by atoms with Crippen LogP contribution >= 0.6 is 0 Å². The summed E-state index contributed by atoms with van der Waals surface area (Å²) in [4.78, 5) is 4.42. The number of para-hydroxylation sites is 1. The second-order valence-corrected chi connectivity index (χ2v) is 6.28. The van der Waals surface area contributed by atoms with Crippen LogP contribution in [0.5, 0.6) is 0 Å². The van der Waals surface area contributed by atoms with Crippen LogP contribution in [-0.2, 0) is 10.0 Å². The Morgan fingerprint density at radius 3 is 2.84 bits per heavy atom. The molecular weight excluding hydrogens is 262 g/mol. The molecule has 0 aliphatic rings. The number of sulfonamides is 1. The van der Waals surface area contributed by atoms with Gasteiger partial charge in [0.15, 0.2) is 0 Å². The van der Waals surface area contributed by atoms with Gasteiger partial charge in [-0.15, -0.1) is 0 Å². The molecule has 1 aromatic heterocycles. The Morgan fingerprint density at radius 2 is 2.16 bits per heavy atom. The Balaban J connectivity index is 2.56. The average molecular weight is 279 g/mol. The predicted molar refractivity (Wildman–Crippen MR) is 75.3 cm³/mol. The van der Waals surface area contributed by atoms with Gasteiger partial charge in [-0.05, 0) is 31.5 Å². The van der Waals surface area contributed by atoms with Crippen molar-refractivity contribution in [1.82, 2.24) is 9.71 Å². The first-order valence-electron chi connectivity index (χ1n) is 6.02. The zero-order chi connectivity index (χ0) is 14.0. The molecule has 1 atom stereocenters. The molecule has 1 heterocycles. The maximum atomic E-state index is 12.3. The van der Waals surface area contributed by atoms with Crippen molar-refractivity contribution in [3.05, 3.63) is 36.0 Å². The summed E-state index contributed by atoms with van der Waals surface area (Å²) in [7, 11) is -3.60. The van der Waals surface area contributed by atoms with Crippen LogP contribution in [0.2, 0.25) is 0 Å². The Bertz CT molecular complexity index is 698. The summed E-state index contributed by atoms with van der Waals surface area (Å²) in [6.45, 7) is 3.89. The predicted octanol–water partition coefficient (Wildman–Crippen LogP) is 1.17. The van der Waals surface area contributed by atoms with Gasteiger partial charge in [-0.2, -0.15) is 0 Å². The van der Waals surface area contributed by atoms with E-state index in [-0.39, 0.29) is 17.5 Å². The second-order valence-electron chi connectivity index (χ2n) is 4.60. The molecule has 5 nitrogen and oxygen atoms in total. The van der Waals surface area contributed by atoms with Gasteiger partial charge >= 0.3 is 0 Å². The molecule has 102 valence electrons. The Labute approximate surface area is 112 Å². The van der Waals surface area contributed by atoms with E-state index in [1.54, 1.807) is 25.3 Å². The van der Waals surface area contributed by atoms with Crippen molar-refractivity contribution in [1.29, 1.82) is 0 Å². The molecule has 2 rings (SSSR count). The van der Waals surface area contributed by atoms with Gasteiger partial charge in [0, 0.05) is 24.2 Å². The molecule has 0 unspecified atom stereocenters. The highest BCUT2D eigenvalue weighted by Crippen LogP contribution is 2.21. The summed E-state index contributed by atoms with van der Waals surface area (Å²) >= 11 is 0. The van der Waals surface area contributed by atoms with Crippen LogP contribution in [0.3, 0.4) is 0 Å². The van der Waals surface area contributed by atoms with Crippen LogP contribution in [0, 0.1) is 6.92 Å². The first-order valence-corrected chi connectivity index (χ1v) is 7.50. The van der Waals surface area contributed by atoms with Gasteiger partial charge < -0.3 is 5.73 Å². The maximum absolute atomic E-state index is 12.3. The third-order valence-electron chi connectivity index (χ3n) is 2.81. The number of pyridine rings is 1. The van der Waals surface area contributed by atoms with Crippen molar-refractivity contribution >= 4 is 20.9 Å². The third kappa shape index (κ3) is 2.91. The molecule has 0 aliphatic carbocycles. The molecule has 0 aliphatic heterocycles. The summed E-state index contributed by atoms with van der Waals surface area (Å²) in [6.07, 6.45) is 1.66. The van der Waals surface area contributed by atoms with Crippen molar-refractivity contribution in [2.75, 3.05) is 6.54 Å². The lowest BCUT2D eigenvalue weighted by molar-refractivity contribution is 0.563. The molecule has 0 saturated heterocycles. The molecule has 0 saturated carbocycles. The highest BCUT2D eigenvalue weighted by molar-refractivity contribution is 7.89. The number of aromatic nitrogens is 1. The molecular formula is C13H17N3O2S. The molecule has 0 amide bonds. The fraction of sp³-hybridized carbons (Fsp3) is 0.308. The van der Waals surface area contributed by atoms with E-state index in [1.807, 2.05) is 19.1 Å². The first-order chi connectivity index (χ1) is 8.94. The normalized spacial score (nSPS) is 13.6. The number of nitrogens with one attached hydrogen (secondary N) is 1. The smallest absolute Gasteiger partial charge is 0.243 e. The number of hydrogen-bond acceptors (Lipinski definition) is 4. The maximum Gasteiger partial charge on any atom is 0.243 e. The van der Waals surface area contributed by atoms with Crippen molar-refractivity contribution in [3.63, 3.8) is 0 Å². The lowest BCUT2D eigenvalue weighted by atomic mass is 10.2. The van der Waals surface area contributed by atoms with Crippen molar-refractivity contribution < 1.29 is 8.42 Å². The van der Waals surface area contributed by atoms with Crippen LogP contribution in [0.1, 0.15) is 12.5 Å². The average Bonchev–Trinajstić information content (AvgIpc) is 2.37. The number of nitrogens with zero attached hydrogens (tertiary/aromatic N) is 1. The molecule has 0 radical (unpaired) electrons. The first kappa shape index (κ1) is 13.9. The lowest BCUT2D eigenvalue weighted by Gasteiger charge is -2.13. The Kier molecular flexibility index (Phi) is 3.84. The van der Waals surface area contributed by atoms with Crippen LogP contribution < -0.4 is 10.5 Å². The minimum atomic E-state index is -3.60. The Hall–Kier alpha value is -1.50. The van der Waals surface area contributed by atoms with E-state index in [1.165, 1.54) is 0 Å². The molecule has 0 fully saturated rings. The minimum Gasteiger partial charge on any atom is -0.329 e.